The second-order valence-electron chi connectivity index (χ2n) is 3.37. The Kier molecular flexibility index (Phi) is 6.92. The number of hydrogen-bond donors (Lipinski definition) is 1. The lowest BCUT2D eigenvalue weighted by Gasteiger charge is -2.09. The number of carboxylic acid groups (broad SMARTS) is 1. The third-order valence-electron chi connectivity index (χ3n) is 2.26. The van der Waals surface area contributed by atoms with Crippen molar-refractivity contribution in [2.75, 3.05) is 0 Å². The summed E-state index contributed by atoms with van der Waals surface area (Å²) in [5.74, 6) is -0.257. The maximum absolute atomic E-state index is 10.4. The van der Waals surface area contributed by atoms with Crippen LogP contribution in [0.2, 0.25) is 5.82 Å². The van der Waals surface area contributed by atoms with Gasteiger partial charge in [-0.2, -0.15) is 0 Å². The van der Waals surface area contributed by atoms with E-state index >= 15 is 0 Å². The van der Waals surface area contributed by atoms with E-state index in [4.69, 9.17) is 5.11 Å². The summed E-state index contributed by atoms with van der Waals surface area (Å²) in [6.45, 7) is 4.23. The zero-order valence-corrected chi connectivity index (χ0v) is 8.18. The molecule has 12 heavy (non-hydrogen) atoms. The number of unbranched alkanes of at least 4 members (excludes halogenated alkanes) is 2. The Bertz CT molecular complexity index is 126. The fourth-order valence-electron chi connectivity index (χ4n) is 1.38. The highest BCUT2D eigenvalue weighted by Gasteiger charge is 2.12. The number of hydrogen-bond acceptors (Lipinski definition) is 1. The zero-order chi connectivity index (χ0) is 9.40. The van der Waals surface area contributed by atoms with Gasteiger partial charge in [0, 0.05) is 0 Å². The van der Waals surface area contributed by atoms with Crippen LogP contribution in [-0.4, -0.2) is 18.3 Å². The molecule has 0 amide bonds. The molecule has 3 heteroatoms. The van der Waals surface area contributed by atoms with Crippen LogP contribution >= 0.6 is 0 Å². The molecule has 0 aliphatic carbocycles. The molecule has 0 aromatic rings. The molecular formula is C9H19BO2. The Morgan fingerprint density at radius 1 is 1.42 bits per heavy atom. The van der Waals surface area contributed by atoms with Crippen LogP contribution in [0.25, 0.3) is 0 Å². The van der Waals surface area contributed by atoms with Crippen molar-refractivity contribution in [2.24, 2.45) is 0 Å². The highest BCUT2D eigenvalue weighted by atomic mass is 16.4. The lowest BCUT2D eigenvalue weighted by atomic mass is 9.61. The SMILES string of the molecule is CCCCCC(BC(=O)O)CC. The topological polar surface area (TPSA) is 37.3 Å². The van der Waals surface area contributed by atoms with Crippen molar-refractivity contribution in [3.05, 3.63) is 0 Å². The van der Waals surface area contributed by atoms with Crippen LogP contribution in [0.3, 0.4) is 0 Å². The third kappa shape index (κ3) is 6.26. The van der Waals surface area contributed by atoms with Gasteiger partial charge in [0.05, 0.1) is 0 Å². The van der Waals surface area contributed by atoms with Crippen molar-refractivity contribution in [3.63, 3.8) is 0 Å². The first-order chi connectivity index (χ1) is 5.70. The van der Waals surface area contributed by atoms with E-state index in [1.165, 1.54) is 19.3 Å². The highest BCUT2D eigenvalue weighted by molar-refractivity contribution is 6.72. The van der Waals surface area contributed by atoms with Gasteiger partial charge in [-0.05, 0) is 0 Å². The molecule has 1 N–H and O–H groups in total. The minimum absolute atomic E-state index is 0.347. The van der Waals surface area contributed by atoms with Crippen molar-refractivity contribution in [2.45, 2.75) is 51.8 Å². The Labute approximate surface area is 75.6 Å². The van der Waals surface area contributed by atoms with Gasteiger partial charge in [-0.15, -0.1) is 0 Å². The van der Waals surface area contributed by atoms with Crippen molar-refractivity contribution in [1.29, 1.82) is 0 Å². The van der Waals surface area contributed by atoms with Crippen molar-refractivity contribution >= 4 is 13.1 Å². The molecule has 0 aromatic heterocycles. The standard InChI is InChI=1S/C9H19BO2/c1-3-5-6-7-8(4-2)10-9(11)12/h8,10H,3-7H2,1-2H3,(H,11,12). The normalized spacial score (nSPS) is 12.5. The first-order valence-electron chi connectivity index (χ1n) is 4.92. The van der Waals surface area contributed by atoms with Gasteiger partial charge in [0.2, 0.25) is 5.87 Å². The smallest absolute Gasteiger partial charge is 0.263 e. The summed E-state index contributed by atoms with van der Waals surface area (Å²) in [6, 6.07) is 0. The summed E-state index contributed by atoms with van der Waals surface area (Å²) >= 11 is 0. The van der Waals surface area contributed by atoms with Crippen LogP contribution in [0.5, 0.6) is 0 Å². The Hall–Kier alpha value is -0.465. The Balaban J connectivity index is 3.46. The van der Waals surface area contributed by atoms with Crippen molar-refractivity contribution < 1.29 is 9.90 Å². The van der Waals surface area contributed by atoms with E-state index in [9.17, 15) is 4.79 Å². The maximum Gasteiger partial charge on any atom is 0.263 e. The summed E-state index contributed by atoms with van der Waals surface area (Å²) < 4.78 is 0. The average Bonchev–Trinajstić information content (AvgIpc) is 2.02. The van der Waals surface area contributed by atoms with Gasteiger partial charge in [0.15, 0.2) is 0 Å². The first-order valence-corrected chi connectivity index (χ1v) is 4.92. The van der Waals surface area contributed by atoms with Gasteiger partial charge in [0.25, 0.3) is 7.28 Å². The molecule has 0 fully saturated rings. The molecule has 0 saturated carbocycles. The summed E-state index contributed by atoms with van der Waals surface area (Å²) in [5, 5.41) is 8.57. The molecule has 1 unspecified atom stereocenters. The molecule has 70 valence electrons. The van der Waals surface area contributed by atoms with Gasteiger partial charge < -0.3 is 5.11 Å². The molecule has 0 radical (unpaired) electrons. The van der Waals surface area contributed by atoms with Crippen LogP contribution in [0.15, 0.2) is 0 Å². The van der Waals surface area contributed by atoms with E-state index in [1.807, 2.05) is 0 Å². The van der Waals surface area contributed by atoms with E-state index in [1.54, 1.807) is 0 Å². The van der Waals surface area contributed by atoms with Gasteiger partial charge >= 0.3 is 0 Å². The molecule has 2 nitrogen and oxygen atoms in total. The van der Waals surface area contributed by atoms with Crippen LogP contribution in [-0.2, 0) is 0 Å². The lowest BCUT2D eigenvalue weighted by molar-refractivity contribution is 0.219. The molecule has 0 aromatic carbocycles. The second kappa shape index (κ2) is 7.20. The molecule has 0 aliphatic rings. The highest BCUT2D eigenvalue weighted by Crippen LogP contribution is 2.18. The number of rotatable bonds is 7. The van der Waals surface area contributed by atoms with Crippen LogP contribution in [0, 0.1) is 0 Å². The van der Waals surface area contributed by atoms with Gasteiger partial charge in [-0.1, -0.05) is 51.8 Å². The van der Waals surface area contributed by atoms with Crippen molar-refractivity contribution in [3.8, 4) is 0 Å². The molecule has 1 atom stereocenters. The van der Waals surface area contributed by atoms with E-state index in [2.05, 4.69) is 13.8 Å². The largest absolute Gasteiger partial charge is 0.489 e. The van der Waals surface area contributed by atoms with E-state index in [0.29, 0.717) is 13.1 Å². The fraction of sp³-hybridized carbons (Fsp3) is 0.889. The summed E-state index contributed by atoms with van der Waals surface area (Å²) in [7, 11) is 0.347. The van der Waals surface area contributed by atoms with E-state index in [0.717, 1.165) is 12.8 Å². The average molecular weight is 170 g/mol. The molecule has 0 bridgehead atoms. The summed E-state index contributed by atoms with van der Waals surface area (Å²) in [6.07, 6.45) is 5.70. The Morgan fingerprint density at radius 2 is 2.08 bits per heavy atom. The minimum atomic E-state index is -0.654. The van der Waals surface area contributed by atoms with Gasteiger partial charge in [-0.25, -0.2) is 0 Å². The zero-order valence-electron chi connectivity index (χ0n) is 8.18. The summed E-state index contributed by atoms with van der Waals surface area (Å²) in [4.78, 5) is 10.4. The second-order valence-corrected chi connectivity index (χ2v) is 3.37. The minimum Gasteiger partial charge on any atom is -0.489 e. The third-order valence-corrected chi connectivity index (χ3v) is 2.26. The van der Waals surface area contributed by atoms with Crippen LogP contribution < -0.4 is 0 Å². The van der Waals surface area contributed by atoms with Crippen LogP contribution in [0.4, 0.5) is 4.79 Å². The molecule has 0 spiro atoms. The predicted molar refractivity (Wildman–Crippen MR) is 53.4 cm³/mol. The van der Waals surface area contributed by atoms with E-state index < -0.39 is 5.87 Å². The maximum atomic E-state index is 10.4. The molecule has 0 saturated heterocycles. The number of carbonyl (C=O) groups is 1. The molecular weight excluding hydrogens is 151 g/mol. The van der Waals surface area contributed by atoms with E-state index in [-0.39, 0.29) is 0 Å². The Morgan fingerprint density at radius 3 is 2.50 bits per heavy atom. The predicted octanol–water partition coefficient (Wildman–Crippen LogP) is 2.88. The molecule has 0 heterocycles. The first kappa shape index (κ1) is 11.5. The van der Waals surface area contributed by atoms with Gasteiger partial charge in [0.1, 0.15) is 0 Å². The lowest BCUT2D eigenvalue weighted by Crippen LogP contribution is -2.12. The van der Waals surface area contributed by atoms with Gasteiger partial charge in [-0.3, -0.25) is 4.79 Å². The molecule has 0 aliphatic heterocycles. The molecule has 0 rings (SSSR count). The van der Waals surface area contributed by atoms with Crippen molar-refractivity contribution in [1.82, 2.24) is 0 Å². The summed E-state index contributed by atoms with van der Waals surface area (Å²) in [5.41, 5.74) is 0. The quantitative estimate of drug-likeness (QED) is 0.471. The van der Waals surface area contributed by atoms with Crippen LogP contribution in [0.1, 0.15) is 46.0 Å². The fourth-order valence-corrected chi connectivity index (χ4v) is 1.38. The monoisotopic (exact) mass is 170 g/mol.